The third-order valence-corrected chi connectivity index (χ3v) is 6.59. The van der Waals surface area contributed by atoms with Crippen molar-refractivity contribution in [3.05, 3.63) is 102 Å². The topological polar surface area (TPSA) is 93.8 Å². The second-order valence-corrected chi connectivity index (χ2v) is 9.26. The number of nitro benzene ring substituents is 1. The summed E-state index contributed by atoms with van der Waals surface area (Å²) in [6, 6.07) is 19.0. The molecule has 0 fully saturated rings. The minimum absolute atomic E-state index is 0.0238. The Morgan fingerprint density at radius 1 is 1.18 bits per heavy atom. The molecule has 4 aromatic rings. The molecule has 0 saturated heterocycles. The highest BCUT2D eigenvalue weighted by molar-refractivity contribution is 9.10. The molecule has 1 amide bonds. The number of fused-ring (bicyclic) bond motifs is 1. The number of hydrogen-bond donors (Lipinski definition) is 1. The normalized spacial score (nSPS) is 11.1. The molecule has 1 heterocycles. The van der Waals surface area contributed by atoms with Gasteiger partial charge in [-0.15, -0.1) is 11.3 Å². The third-order valence-electron chi connectivity index (χ3n) is 4.62. The summed E-state index contributed by atoms with van der Waals surface area (Å²) in [5.41, 5.74) is 3.97. The smallest absolute Gasteiger partial charge is 0.281 e. The van der Waals surface area contributed by atoms with Crippen molar-refractivity contribution in [2.45, 2.75) is 6.61 Å². The Hall–Kier alpha value is -3.27. The maximum atomic E-state index is 12.5. The van der Waals surface area contributed by atoms with Crippen LogP contribution in [0.4, 0.5) is 5.69 Å². The second-order valence-electron chi connectivity index (χ2n) is 6.85. The van der Waals surface area contributed by atoms with Crippen molar-refractivity contribution in [3.8, 4) is 5.75 Å². The van der Waals surface area contributed by atoms with Crippen LogP contribution in [-0.2, 0) is 6.61 Å². The summed E-state index contributed by atoms with van der Waals surface area (Å²) < 4.78 is 7.51. The molecule has 4 rings (SSSR count). The van der Waals surface area contributed by atoms with Crippen LogP contribution in [0.1, 0.15) is 20.8 Å². The Balaban J connectivity index is 1.47. The Morgan fingerprint density at radius 3 is 2.79 bits per heavy atom. The second kappa shape index (κ2) is 10.1. The van der Waals surface area contributed by atoms with Gasteiger partial charge in [0.1, 0.15) is 12.4 Å². The lowest BCUT2D eigenvalue weighted by atomic mass is 10.2. The number of nitrogens with zero attached hydrogens (tertiary/aromatic N) is 2. The van der Waals surface area contributed by atoms with Crippen molar-refractivity contribution in [1.82, 2.24) is 5.43 Å². The molecular formula is C23H15BrClN3O4S. The maximum Gasteiger partial charge on any atom is 0.281 e. The van der Waals surface area contributed by atoms with Crippen LogP contribution in [0.2, 0.25) is 5.02 Å². The van der Waals surface area contributed by atoms with E-state index in [1.807, 2.05) is 30.3 Å². The quantitative estimate of drug-likeness (QED) is 0.162. The van der Waals surface area contributed by atoms with Crippen molar-refractivity contribution in [2.75, 3.05) is 0 Å². The summed E-state index contributed by atoms with van der Waals surface area (Å²) in [4.78, 5) is 23.4. The van der Waals surface area contributed by atoms with E-state index in [0.717, 1.165) is 14.7 Å². The van der Waals surface area contributed by atoms with Gasteiger partial charge in [0.2, 0.25) is 0 Å². The number of nitro groups is 1. The molecule has 0 bridgehead atoms. The Morgan fingerprint density at radius 2 is 2.00 bits per heavy atom. The van der Waals surface area contributed by atoms with Gasteiger partial charge in [0.15, 0.2) is 0 Å². The lowest BCUT2D eigenvalue weighted by molar-refractivity contribution is -0.384. The van der Waals surface area contributed by atoms with Gasteiger partial charge in [0.25, 0.3) is 11.6 Å². The molecule has 3 aromatic carbocycles. The molecule has 0 aliphatic heterocycles. The molecule has 1 N–H and O–H groups in total. The van der Waals surface area contributed by atoms with Gasteiger partial charge in [-0.1, -0.05) is 45.7 Å². The van der Waals surface area contributed by atoms with Crippen LogP contribution in [0.15, 0.2) is 76.3 Å². The molecule has 0 saturated carbocycles. The fourth-order valence-electron chi connectivity index (χ4n) is 2.99. The van der Waals surface area contributed by atoms with Crippen molar-refractivity contribution in [1.29, 1.82) is 0 Å². The number of non-ortho nitro benzene ring substituents is 1. The number of hydrogen-bond acceptors (Lipinski definition) is 6. The van der Waals surface area contributed by atoms with Gasteiger partial charge in [-0.2, -0.15) is 5.10 Å². The minimum atomic E-state index is -0.468. The summed E-state index contributed by atoms with van der Waals surface area (Å²) in [6.45, 7) is 0.280. The average molecular weight is 545 g/mol. The summed E-state index contributed by atoms with van der Waals surface area (Å²) in [7, 11) is 0. The lowest BCUT2D eigenvalue weighted by Crippen LogP contribution is -2.16. The Kier molecular flexibility index (Phi) is 7.02. The number of amides is 1. The molecule has 7 nitrogen and oxygen atoms in total. The van der Waals surface area contributed by atoms with Gasteiger partial charge in [0.05, 0.1) is 16.0 Å². The van der Waals surface area contributed by atoms with Gasteiger partial charge in [-0.05, 0) is 36.4 Å². The van der Waals surface area contributed by atoms with E-state index in [2.05, 4.69) is 26.5 Å². The minimum Gasteiger partial charge on any atom is -0.488 e. The number of benzene rings is 3. The van der Waals surface area contributed by atoms with Crippen LogP contribution >= 0.6 is 38.9 Å². The summed E-state index contributed by atoms with van der Waals surface area (Å²) in [5, 5.41) is 16.2. The fourth-order valence-corrected chi connectivity index (χ4v) is 4.50. The van der Waals surface area contributed by atoms with E-state index in [4.69, 9.17) is 16.3 Å². The largest absolute Gasteiger partial charge is 0.488 e. The van der Waals surface area contributed by atoms with Crippen LogP contribution in [-0.4, -0.2) is 17.0 Å². The SMILES string of the molecule is O=C(N/N=C\c1cc(Br)ccc1OCc1ccccc1Cl)c1cc2cc([N+](=O)[O-])ccc2s1. The number of halogens is 2. The van der Waals surface area contributed by atoms with E-state index >= 15 is 0 Å². The molecule has 0 atom stereocenters. The van der Waals surface area contributed by atoms with Crippen LogP contribution < -0.4 is 10.2 Å². The predicted octanol–water partition coefficient (Wildman–Crippen LogP) is 6.57. The molecule has 0 aliphatic carbocycles. The van der Waals surface area contributed by atoms with Crippen LogP contribution in [0.5, 0.6) is 5.75 Å². The van der Waals surface area contributed by atoms with Crippen molar-refractivity contribution < 1.29 is 14.5 Å². The van der Waals surface area contributed by atoms with E-state index in [1.165, 1.54) is 29.7 Å². The third kappa shape index (κ3) is 5.57. The van der Waals surface area contributed by atoms with Gasteiger partial charge >= 0.3 is 0 Å². The number of carbonyl (C=O) groups excluding carboxylic acids is 1. The summed E-state index contributed by atoms with van der Waals surface area (Å²) in [6.07, 6.45) is 1.49. The highest BCUT2D eigenvalue weighted by Gasteiger charge is 2.13. The van der Waals surface area contributed by atoms with Gasteiger partial charge in [-0.3, -0.25) is 14.9 Å². The first-order valence-electron chi connectivity index (χ1n) is 9.58. The number of thiophene rings is 1. The van der Waals surface area contributed by atoms with Gasteiger partial charge in [0, 0.05) is 42.8 Å². The monoisotopic (exact) mass is 543 g/mol. The van der Waals surface area contributed by atoms with E-state index < -0.39 is 10.8 Å². The van der Waals surface area contributed by atoms with Gasteiger partial charge in [-0.25, -0.2) is 5.43 Å². The van der Waals surface area contributed by atoms with Crippen LogP contribution in [0.25, 0.3) is 10.1 Å². The molecule has 0 spiro atoms. The number of carbonyl (C=O) groups is 1. The summed E-state index contributed by atoms with van der Waals surface area (Å²) in [5.74, 6) is 0.161. The van der Waals surface area contributed by atoms with Crippen molar-refractivity contribution in [3.63, 3.8) is 0 Å². The zero-order chi connectivity index (χ0) is 23.4. The van der Waals surface area contributed by atoms with Crippen molar-refractivity contribution >= 4 is 66.8 Å². The fraction of sp³-hybridized carbons (Fsp3) is 0.0435. The molecule has 1 aromatic heterocycles. The first kappa shape index (κ1) is 22.9. The number of ether oxygens (including phenoxy) is 1. The van der Waals surface area contributed by atoms with Crippen molar-refractivity contribution in [2.24, 2.45) is 5.10 Å². The van der Waals surface area contributed by atoms with Crippen LogP contribution in [0.3, 0.4) is 0 Å². The molecule has 0 aliphatic rings. The van der Waals surface area contributed by atoms with E-state index in [9.17, 15) is 14.9 Å². The van der Waals surface area contributed by atoms with E-state index in [0.29, 0.717) is 26.6 Å². The highest BCUT2D eigenvalue weighted by atomic mass is 79.9. The van der Waals surface area contributed by atoms with E-state index in [1.54, 1.807) is 24.3 Å². The first-order valence-corrected chi connectivity index (χ1v) is 11.6. The maximum absolute atomic E-state index is 12.5. The molecule has 166 valence electrons. The molecule has 33 heavy (non-hydrogen) atoms. The zero-order valence-electron chi connectivity index (χ0n) is 16.8. The highest BCUT2D eigenvalue weighted by Crippen LogP contribution is 2.29. The average Bonchev–Trinajstić information content (AvgIpc) is 3.23. The Labute approximate surface area is 205 Å². The molecule has 0 unspecified atom stereocenters. The molecular weight excluding hydrogens is 530 g/mol. The summed E-state index contributed by atoms with van der Waals surface area (Å²) >= 11 is 10.8. The van der Waals surface area contributed by atoms with Crippen LogP contribution in [0, 0.1) is 10.1 Å². The Bertz CT molecular complexity index is 1390. The zero-order valence-corrected chi connectivity index (χ0v) is 20.0. The lowest BCUT2D eigenvalue weighted by Gasteiger charge is -2.10. The predicted molar refractivity (Wildman–Crippen MR) is 133 cm³/mol. The van der Waals surface area contributed by atoms with E-state index in [-0.39, 0.29) is 12.3 Å². The molecule has 10 heteroatoms. The number of nitrogens with one attached hydrogen (secondary N) is 1. The molecule has 0 radical (unpaired) electrons. The first-order chi connectivity index (χ1) is 15.9. The number of rotatable bonds is 7. The number of hydrazone groups is 1. The standard InChI is InChI=1S/C23H15BrClN3O4S/c24-17-5-7-20(32-13-14-3-1-2-4-19(14)25)16(9-17)12-26-27-23(29)22-11-15-10-18(28(30)31)6-8-21(15)33-22/h1-12H,13H2,(H,27,29)/b26-12-. The van der Waals surface area contributed by atoms with Gasteiger partial charge < -0.3 is 4.74 Å².